The molecular weight excluding hydrogens is 423 g/mol. The fourth-order valence-electron chi connectivity index (χ4n) is 4.19. The first kappa shape index (κ1) is 22.0. The Morgan fingerprint density at radius 2 is 1.59 bits per heavy atom. The second kappa shape index (κ2) is 8.38. The molecule has 0 bridgehead atoms. The highest BCUT2D eigenvalue weighted by molar-refractivity contribution is 6.22. The van der Waals surface area contributed by atoms with Gasteiger partial charge in [-0.25, -0.2) is 4.90 Å². The Labute approximate surface area is 183 Å². The summed E-state index contributed by atoms with van der Waals surface area (Å²) in [5, 5.41) is 0. The van der Waals surface area contributed by atoms with Crippen LogP contribution in [0.1, 0.15) is 29.3 Å². The van der Waals surface area contributed by atoms with Crippen molar-refractivity contribution < 1.29 is 27.6 Å². The Morgan fingerprint density at radius 1 is 0.938 bits per heavy atom. The molecule has 1 atom stereocenters. The highest BCUT2D eigenvalue weighted by atomic mass is 19.4. The van der Waals surface area contributed by atoms with Crippen LogP contribution in [-0.4, -0.2) is 54.7 Å². The van der Waals surface area contributed by atoms with E-state index in [4.69, 9.17) is 0 Å². The average molecular weight is 445 g/mol. The highest BCUT2D eigenvalue weighted by Crippen LogP contribution is 2.32. The van der Waals surface area contributed by atoms with Crippen molar-refractivity contribution in [2.75, 3.05) is 36.0 Å². The summed E-state index contributed by atoms with van der Waals surface area (Å²) in [6.45, 7) is 3.25. The van der Waals surface area contributed by atoms with E-state index in [-0.39, 0.29) is 24.0 Å². The third kappa shape index (κ3) is 4.25. The van der Waals surface area contributed by atoms with Crippen molar-refractivity contribution >= 4 is 29.0 Å². The average Bonchev–Trinajstić information content (AvgIpc) is 3.07. The lowest BCUT2D eigenvalue weighted by molar-refractivity contribution is -0.137. The Kier molecular flexibility index (Phi) is 5.77. The molecule has 0 aliphatic carbocycles. The minimum Gasteiger partial charge on any atom is -0.369 e. The largest absolute Gasteiger partial charge is 0.416 e. The lowest BCUT2D eigenvalue weighted by atomic mass is 10.1. The van der Waals surface area contributed by atoms with Crippen molar-refractivity contribution in [1.29, 1.82) is 0 Å². The van der Waals surface area contributed by atoms with Crippen LogP contribution in [0.3, 0.4) is 0 Å². The fraction of sp³-hybridized carbons (Fsp3) is 0.348. The first-order valence-corrected chi connectivity index (χ1v) is 10.3. The third-order valence-electron chi connectivity index (χ3n) is 5.95. The van der Waals surface area contributed by atoms with Gasteiger partial charge in [-0.3, -0.25) is 19.3 Å². The molecule has 9 heteroatoms. The van der Waals surface area contributed by atoms with Gasteiger partial charge in [-0.05, 0) is 49.4 Å². The molecule has 0 N–H and O–H groups in total. The van der Waals surface area contributed by atoms with Gasteiger partial charge in [0.25, 0.3) is 5.91 Å². The van der Waals surface area contributed by atoms with Crippen LogP contribution < -0.4 is 9.80 Å². The Hall–Kier alpha value is -3.20. The van der Waals surface area contributed by atoms with Gasteiger partial charge in [0.1, 0.15) is 0 Å². The van der Waals surface area contributed by atoms with E-state index in [1.807, 2.05) is 9.80 Å². The SMILES string of the molecule is CC(=O)c1ccc(N2C(=O)C[C@H](N3CCN(c4cccc(C(F)(F)F)c4)CC3)C2=O)cc1. The van der Waals surface area contributed by atoms with Gasteiger partial charge in [0.05, 0.1) is 23.7 Å². The molecule has 2 fully saturated rings. The number of carbonyl (C=O) groups excluding carboxylic acids is 3. The zero-order valence-electron chi connectivity index (χ0n) is 17.4. The number of rotatable bonds is 4. The van der Waals surface area contributed by atoms with E-state index in [1.165, 1.54) is 13.0 Å². The molecule has 2 heterocycles. The summed E-state index contributed by atoms with van der Waals surface area (Å²) < 4.78 is 39.0. The summed E-state index contributed by atoms with van der Waals surface area (Å²) in [5.74, 6) is -0.735. The molecule has 2 amide bonds. The number of imide groups is 1. The van der Waals surface area contributed by atoms with Crippen LogP contribution in [0, 0.1) is 0 Å². The van der Waals surface area contributed by atoms with Crippen LogP contribution in [0.2, 0.25) is 0 Å². The molecule has 2 aromatic carbocycles. The maximum absolute atomic E-state index is 13.0. The van der Waals surface area contributed by atoms with E-state index in [1.54, 1.807) is 30.3 Å². The van der Waals surface area contributed by atoms with Crippen molar-refractivity contribution in [2.24, 2.45) is 0 Å². The van der Waals surface area contributed by atoms with E-state index < -0.39 is 17.8 Å². The molecule has 2 aromatic rings. The topological polar surface area (TPSA) is 60.9 Å². The fourth-order valence-corrected chi connectivity index (χ4v) is 4.19. The molecule has 2 aliphatic heterocycles. The molecule has 0 unspecified atom stereocenters. The summed E-state index contributed by atoms with van der Waals surface area (Å²) in [7, 11) is 0. The smallest absolute Gasteiger partial charge is 0.369 e. The minimum atomic E-state index is -4.40. The molecule has 32 heavy (non-hydrogen) atoms. The van der Waals surface area contributed by atoms with Crippen molar-refractivity contribution in [3.63, 3.8) is 0 Å². The monoisotopic (exact) mass is 445 g/mol. The molecule has 168 valence electrons. The normalized spacial score (nSPS) is 20.2. The molecule has 0 spiro atoms. The molecule has 2 saturated heterocycles. The number of halogens is 3. The Balaban J connectivity index is 1.42. The lowest BCUT2D eigenvalue weighted by Crippen LogP contribution is -2.52. The minimum absolute atomic E-state index is 0.0524. The summed E-state index contributed by atoms with van der Waals surface area (Å²) in [6, 6.07) is 10.9. The summed E-state index contributed by atoms with van der Waals surface area (Å²) in [4.78, 5) is 41.9. The second-order valence-corrected chi connectivity index (χ2v) is 7.96. The second-order valence-electron chi connectivity index (χ2n) is 7.96. The summed E-state index contributed by atoms with van der Waals surface area (Å²) in [6.07, 6.45) is -4.35. The lowest BCUT2D eigenvalue weighted by Gasteiger charge is -2.38. The summed E-state index contributed by atoms with van der Waals surface area (Å²) >= 11 is 0. The van der Waals surface area contributed by atoms with Crippen LogP contribution in [0.25, 0.3) is 0 Å². The molecule has 0 saturated carbocycles. The van der Waals surface area contributed by atoms with Crippen molar-refractivity contribution in [2.45, 2.75) is 25.6 Å². The maximum Gasteiger partial charge on any atom is 0.416 e. The molecule has 0 aromatic heterocycles. The quantitative estimate of drug-likeness (QED) is 0.534. The van der Waals surface area contributed by atoms with Crippen LogP contribution in [-0.2, 0) is 15.8 Å². The van der Waals surface area contributed by atoms with Gasteiger partial charge < -0.3 is 4.90 Å². The highest BCUT2D eigenvalue weighted by Gasteiger charge is 2.43. The van der Waals surface area contributed by atoms with Gasteiger partial charge in [0, 0.05) is 37.4 Å². The van der Waals surface area contributed by atoms with E-state index in [9.17, 15) is 27.6 Å². The number of ketones is 1. The number of hydrogen-bond donors (Lipinski definition) is 0. The Morgan fingerprint density at radius 3 is 2.19 bits per heavy atom. The molecule has 4 rings (SSSR count). The number of carbonyl (C=O) groups is 3. The molecule has 2 aliphatic rings. The van der Waals surface area contributed by atoms with Crippen molar-refractivity contribution in [1.82, 2.24) is 4.90 Å². The van der Waals surface area contributed by atoms with E-state index in [0.717, 1.165) is 17.0 Å². The van der Waals surface area contributed by atoms with E-state index in [2.05, 4.69) is 0 Å². The first-order valence-electron chi connectivity index (χ1n) is 10.3. The predicted octanol–water partition coefficient (Wildman–Crippen LogP) is 3.36. The van der Waals surface area contributed by atoms with Gasteiger partial charge in [-0.1, -0.05) is 6.07 Å². The van der Waals surface area contributed by atoms with Crippen LogP contribution in [0.4, 0.5) is 24.5 Å². The van der Waals surface area contributed by atoms with Crippen molar-refractivity contribution in [3.8, 4) is 0 Å². The zero-order chi connectivity index (χ0) is 23.0. The van der Waals surface area contributed by atoms with Crippen LogP contribution in [0.5, 0.6) is 0 Å². The van der Waals surface area contributed by atoms with Gasteiger partial charge in [0.2, 0.25) is 5.91 Å². The number of hydrogen-bond acceptors (Lipinski definition) is 5. The van der Waals surface area contributed by atoms with E-state index >= 15 is 0 Å². The van der Waals surface area contributed by atoms with Gasteiger partial charge in [0.15, 0.2) is 5.78 Å². The summed E-state index contributed by atoms with van der Waals surface area (Å²) in [5.41, 5.74) is 0.714. The number of amides is 2. The predicted molar refractivity (Wildman–Crippen MR) is 113 cm³/mol. The maximum atomic E-state index is 13.0. The Bertz CT molecular complexity index is 1040. The molecule has 0 radical (unpaired) electrons. The molecule has 6 nitrogen and oxygen atoms in total. The first-order chi connectivity index (χ1) is 15.1. The van der Waals surface area contributed by atoms with Gasteiger partial charge >= 0.3 is 6.18 Å². The third-order valence-corrected chi connectivity index (χ3v) is 5.95. The number of alkyl halides is 3. The number of anilines is 2. The standard InChI is InChI=1S/C23H22F3N3O3/c1-15(30)16-5-7-18(8-6-16)29-21(31)14-20(22(29)32)28-11-9-27(10-12-28)19-4-2-3-17(13-19)23(24,25)26/h2-8,13,20H,9-12,14H2,1H3/t20-/m0/s1. The van der Waals surface area contributed by atoms with Gasteiger partial charge in [-0.2, -0.15) is 13.2 Å². The van der Waals surface area contributed by atoms with Crippen LogP contribution in [0.15, 0.2) is 48.5 Å². The van der Waals surface area contributed by atoms with E-state index in [0.29, 0.717) is 43.1 Å². The number of nitrogens with zero attached hydrogens (tertiary/aromatic N) is 3. The number of piperazine rings is 1. The number of Topliss-reactive ketones (excluding diaryl/α,β-unsaturated/α-hetero) is 1. The van der Waals surface area contributed by atoms with Crippen LogP contribution >= 0.6 is 0 Å². The zero-order valence-corrected chi connectivity index (χ0v) is 17.4. The van der Waals surface area contributed by atoms with Gasteiger partial charge in [-0.15, -0.1) is 0 Å². The molecular formula is C23H22F3N3O3. The van der Waals surface area contributed by atoms with Crippen molar-refractivity contribution in [3.05, 3.63) is 59.7 Å². The number of benzene rings is 2.